The molecule has 8 nitrogen and oxygen atoms in total. The second kappa shape index (κ2) is 12.1. The van der Waals surface area contributed by atoms with E-state index in [9.17, 15) is 19.2 Å². The average Bonchev–Trinajstić information content (AvgIpc) is 2.87. The predicted octanol–water partition coefficient (Wildman–Crippen LogP) is 5.03. The zero-order valence-corrected chi connectivity index (χ0v) is 19.2. The third kappa shape index (κ3) is 7.26. The second-order valence-corrected chi connectivity index (χ2v) is 7.68. The van der Waals surface area contributed by atoms with Crippen molar-refractivity contribution >= 4 is 34.9 Å². The molecule has 2 amide bonds. The Morgan fingerprint density at radius 2 is 1.49 bits per heavy atom. The Morgan fingerprint density at radius 3 is 2.14 bits per heavy atom. The third-order valence-electron chi connectivity index (χ3n) is 5.15. The van der Waals surface area contributed by atoms with Crippen LogP contribution in [0.25, 0.3) is 0 Å². The van der Waals surface area contributed by atoms with Crippen LogP contribution in [0.3, 0.4) is 0 Å². The fourth-order valence-electron chi connectivity index (χ4n) is 3.26. The minimum atomic E-state index is -1.05. The molecule has 0 aliphatic rings. The lowest BCUT2D eigenvalue weighted by atomic mass is 10.1. The molecule has 0 saturated carbocycles. The van der Waals surface area contributed by atoms with E-state index in [1.165, 1.54) is 24.3 Å². The molecule has 3 N–H and O–H groups in total. The molecule has 3 rings (SSSR count). The third-order valence-corrected chi connectivity index (χ3v) is 5.15. The van der Waals surface area contributed by atoms with E-state index in [1.54, 1.807) is 48.5 Å². The van der Waals surface area contributed by atoms with Gasteiger partial charge in [0.2, 0.25) is 5.91 Å². The number of hydrogen-bond donors (Lipinski definition) is 3. The van der Waals surface area contributed by atoms with Gasteiger partial charge in [-0.3, -0.25) is 14.4 Å². The van der Waals surface area contributed by atoms with E-state index in [0.717, 1.165) is 0 Å². The van der Waals surface area contributed by atoms with E-state index in [4.69, 9.17) is 9.84 Å². The smallest absolute Gasteiger partial charge is 0.335 e. The van der Waals surface area contributed by atoms with Gasteiger partial charge in [0.25, 0.3) is 5.91 Å². The summed E-state index contributed by atoms with van der Waals surface area (Å²) < 4.78 is 5.63. The van der Waals surface area contributed by atoms with Crippen molar-refractivity contribution in [1.82, 2.24) is 0 Å². The summed E-state index contributed by atoms with van der Waals surface area (Å²) in [4.78, 5) is 47.8. The van der Waals surface area contributed by atoms with Crippen molar-refractivity contribution in [3.63, 3.8) is 0 Å². The summed E-state index contributed by atoms with van der Waals surface area (Å²) in [6.07, 6.45) is 1.10. The predicted molar refractivity (Wildman–Crippen MR) is 132 cm³/mol. The van der Waals surface area contributed by atoms with Crippen LogP contribution in [0.4, 0.5) is 11.4 Å². The van der Waals surface area contributed by atoms with E-state index in [2.05, 4.69) is 10.6 Å². The van der Waals surface area contributed by atoms with Crippen molar-refractivity contribution in [2.75, 3.05) is 17.2 Å². The summed E-state index contributed by atoms with van der Waals surface area (Å²) in [7, 11) is 0. The first-order valence-corrected chi connectivity index (χ1v) is 11.2. The van der Waals surface area contributed by atoms with Crippen LogP contribution in [0.1, 0.15) is 57.3 Å². The highest BCUT2D eigenvalue weighted by atomic mass is 16.5. The van der Waals surface area contributed by atoms with Gasteiger partial charge in [0, 0.05) is 24.1 Å². The lowest BCUT2D eigenvalue weighted by Crippen LogP contribution is -2.18. The number of Topliss-reactive ketones (excluding diaryl/α,β-unsaturated/α-hetero) is 1. The number of carbonyl (C=O) groups excluding carboxylic acids is 3. The summed E-state index contributed by atoms with van der Waals surface area (Å²) in [5.74, 6) is -1.06. The quantitative estimate of drug-likeness (QED) is 0.265. The topological polar surface area (TPSA) is 122 Å². The van der Waals surface area contributed by atoms with Gasteiger partial charge in [-0.25, -0.2) is 4.79 Å². The Balaban J connectivity index is 1.50. The van der Waals surface area contributed by atoms with Crippen molar-refractivity contribution in [3.8, 4) is 5.75 Å². The summed E-state index contributed by atoms with van der Waals surface area (Å²) >= 11 is 0. The van der Waals surface area contributed by atoms with Crippen LogP contribution < -0.4 is 15.4 Å². The Hall–Kier alpha value is -4.46. The molecular formula is C27H26N2O6. The van der Waals surface area contributed by atoms with Crippen LogP contribution in [-0.2, 0) is 4.79 Å². The van der Waals surface area contributed by atoms with Gasteiger partial charge in [0.15, 0.2) is 5.78 Å². The van der Waals surface area contributed by atoms with Gasteiger partial charge in [-0.2, -0.15) is 0 Å². The number of anilines is 2. The molecule has 0 atom stereocenters. The fourth-order valence-corrected chi connectivity index (χ4v) is 3.26. The Labute approximate surface area is 202 Å². The van der Waals surface area contributed by atoms with Crippen molar-refractivity contribution in [1.29, 1.82) is 0 Å². The number of hydrogen-bond acceptors (Lipinski definition) is 5. The molecule has 8 heteroatoms. The molecule has 180 valence electrons. The van der Waals surface area contributed by atoms with E-state index in [1.807, 2.05) is 6.92 Å². The minimum absolute atomic E-state index is 0.0678. The maximum Gasteiger partial charge on any atom is 0.335 e. The number of carbonyl (C=O) groups is 4. The molecule has 0 aliphatic carbocycles. The number of ketones is 1. The van der Waals surface area contributed by atoms with Crippen LogP contribution in [0, 0.1) is 0 Å². The van der Waals surface area contributed by atoms with E-state index in [0.29, 0.717) is 42.1 Å². The maximum absolute atomic E-state index is 12.7. The zero-order chi connectivity index (χ0) is 25.2. The number of rotatable bonds is 11. The molecule has 0 bridgehead atoms. The molecule has 0 unspecified atom stereocenters. The van der Waals surface area contributed by atoms with Gasteiger partial charge in [0.1, 0.15) is 5.75 Å². The maximum atomic E-state index is 12.7. The SMILES string of the molecule is CCC(=O)c1ccc(OCCCC(=O)Nc2ccccc2C(=O)Nc2ccc(C(=O)O)cc2)cc1. The zero-order valence-electron chi connectivity index (χ0n) is 19.2. The fraction of sp³-hybridized carbons (Fsp3) is 0.185. The number of nitrogens with one attached hydrogen (secondary N) is 2. The van der Waals surface area contributed by atoms with E-state index >= 15 is 0 Å². The molecule has 35 heavy (non-hydrogen) atoms. The van der Waals surface area contributed by atoms with Crippen LogP contribution in [0.15, 0.2) is 72.8 Å². The van der Waals surface area contributed by atoms with Crippen LogP contribution >= 0.6 is 0 Å². The monoisotopic (exact) mass is 474 g/mol. The lowest BCUT2D eigenvalue weighted by molar-refractivity contribution is -0.116. The molecule has 0 aromatic heterocycles. The largest absolute Gasteiger partial charge is 0.494 e. The van der Waals surface area contributed by atoms with Crippen molar-refractivity contribution < 1.29 is 29.0 Å². The Kier molecular flexibility index (Phi) is 8.72. The first kappa shape index (κ1) is 25.2. The number of carboxylic acids is 1. The molecular weight excluding hydrogens is 448 g/mol. The number of para-hydroxylation sites is 1. The summed E-state index contributed by atoms with van der Waals surface area (Å²) in [5, 5.41) is 14.4. The number of aromatic carboxylic acids is 1. The first-order valence-electron chi connectivity index (χ1n) is 11.2. The molecule has 0 fully saturated rings. The molecule has 3 aromatic rings. The van der Waals surface area contributed by atoms with Gasteiger partial charge >= 0.3 is 5.97 Å². The highest BCUT2D eigenvalue weighted by Gasteiger charge is 2.14. The second-order valence-electron chi connectivity index (χ2n) is 7.68. The molecule has 0 aliphatic heterocycles. The molecule has 0 spiro atoms. The van der Waals surface area contributed by atoms with Gasteiger partial charge in [-0.05, 0) is 67.1 Å². The van der Waals surface area contributed by atoms with Crippen LogP contribution in [-0.4, -0.2) is 35.3 Å². The number of amides is 2. The van der Waals surface area contributed by atoms with Crippen molar-refractivity contribution in [2.24, 2.45) is 0 Å². The van der Waals surface area contributed by atoms with Gasteiger partial charge in [0.05, 0.1) is 23.4 Å². The van der Waals surface area contributed by atoms with E-state index < -0.39 is 11.9 Å². The summed E-state index contributed by atoms with van der Waals surface area (Å²) in [6.45, 7) is 2.13. The molecule has 0 heterocycles. The first-order chi connectivity index (χ1) is 16.9. The van der Waals surface area contributed by atoms with E-state index in [-0.39, 0.29) is 29.2 Å². The number of ether oxygens (including phenoxy) is 1. The Bertz CT molecular complexity index is 1200. The Morgan fingerprint density at radius 1 is 0.829 bits per heavy atom. The highest BCUT2D eigenvalue weighted by Crippen LogP contribution is 2.19. The van der Waals surface area contributed by atoms with Crippen LogP contribution in [0.5, 0.6) is 5.75 Å². The average molecular weight is 475 g/mol. The van der Waals surface area contributed by atoms with Crippen LogP contribution in [0.2, 0.25) is 0 Å². The number of carboxylic acid groups (broad SMARTS) is 1. The number of benzene rings is 3. The van der Waals surface area contributed by atoms with Crippen molar-refractivity contribution in [3.05, 3.63) is 89.5 Å². The molecule has 3 aromatic carbocycles. The van der Waals surface area contributed by atoms with Gasteiger partial charge < -0.3 is 20.5 Å². The van der Waals surface area contributed by atoms with Crippen molar-refractivity contribution in [2.45, 2.75) is 26.2 Å². The normalized spacial score (nSPS) is 10.3. The highest BCUT2D eigenvalue weighted by molar-refractivity contribution is 6.10. The lowest BCUT2D eigenvalue weighted by Gasteiger charge is -2.12. The minimum Gasteiger partial charge on any atom is -0.494 e. The molecule has 0 radical (unpaired) electrons. The standard InChI is InChI=1S/C27H26N2O6/c1-2-24(30)18-11-15-21(16-12-18)35-17-5-8-25(31)29-23-7-4-3-6-22(23)26(32)28-20-13-9-19(10-14-20)27(33)34/h3-4,6-7,9-16H,2,5,8,17H2,1H3,(H,28,32)(H,29,31)(H,33,34). The molecule has 0 saturated heterocycles. The van der Waals surface area contributed by atoms with Gasteiger partial charge in [-0.15, -0.1) is 0 Å². The van der Waals surface area contributed by atoms with Gasteiger partial charge in [-0.1, -0.05) is 19.1 Å². The summed E-state index contributed by atoms with van der Waals surface area (Å²) in [6, 6.07) is 19.3. The summed E-state index contributed by atoms with van der Waals surface area (Å²) in [5.41, 5.74) is 1.84.